The third kappa shape index (κ3) is 2.59. The van der Waals surface area contributed by atoms with E-state index in [1.54, 1.807) is 0 Å². The smallest absolute Gasteiger partial charge is 0.139 e. The number of rotatable bonds is 0. The average molecular weight is 443 g/mol. The van der Waals surface area contributed by atoms with Gasteiger partial charge < -0.3 is 9.84 Å². The number of carbonyl (C=O) groups excluding carboxylic acids is 1. The molecule has 0 aromatic rings. The van der Waals surface area contributed by atoms with Gasteiger partial charge in [-0.3, -0.25) is 4.79 Å². The van der Waals surface area contributed by atoms with E-state index in [-0.39, 0.29) is 22.5 Å². The molecule has 1 saturated heterocycles. The van der Waals surface area contributed by atoms with Gasteiger partial charge in [0, 0.05) is 11.8 Å². The van der Waals surface area contributed by atoms with Crippen LogP contribution in [-0.2, 0) is 9.53 Å². The molecule has 0 aromatic carbocycles. The number of hydrogen-bond donors (Lipinski definition) is 1. The minimum absolute atomic E-state index is 0.0540. The molecule has 1 spiro atoms. The van der Waals surface area contributed by atoms with Crippen molar-refractivity contribution in [3.8, 4) is 0 Å². The highest BCUT2D eigenvalue weighted by atomic mass is 16.5. The SMILES string of the molecule is CC1CCC2(CC1)OC1CC3C4CC(=O)[C@@]5(C)CC(O)CCC5(C)C4CCC3(C)C1[C@@H]2C. The Labute approximate surface area is 195 Å². The van der Waals surface area contributed by atoms with E-state index in [0.717, 1.165) is 25.2 Å². The second-order valence-corrected chi connectivity index (χ2v) is 14.1. The molecular formula is C29H46O3. The van der Waals surface area contributed by atoms with Crippen LogP contribution < -0.4 is 0 Å². The monoisotopic (exact) mass is 442 g/mol. The molecule has 5 saturated carbocycles. The maximum atomic E-state index is 13.7. The van der Waals surface area contributed by atoms with Crippen molar-refractivity contribution >= 4 is 5.78 Å². The Balaban J connectivity index is 1.30. The fourth-order valence-corrected chi connectivity index (χ4v) is 11.0. The summed E-state index contributed by atoms with van der Waals surface area (Å²) >= 11 is 0. The highest BCUT2D eigenvalue weighted by Gasteiger charge is 2.70. The zero-order valence-corrected chi connectivity index (χ0v) is 21.2. The normalized spacial score (nSPS) is 61.8. The van der Waals surface area contributed by atoms with Gasteiger partial charge in [-0.15, -0.1) is 0 Å². The van der Waals surface area contributed by atoms with Crippen LogP contribution in [0.4, 0.5) is 0 Å². The van der Waals surface area contributed by atoms with Gasteiger partial charge in [-0.05, 0) is 111 Å². The van der Waals surface area contributed by atoms with Crippen LogP contribution in [0.3, 0.4) is 0 Å². The fraction of sp³-hybridized carbons (Fsp3) is 0.966. The van der Waals surface area contributed by atoms with E-state index in [4.69, 9.17) is 4.74 Å². The van der Waals surface area contributed by atoms with E-state index in [2.05, 4.69) is 34.6 Å². The van der Waals surface area contributed by atoms with Crippen molar-refractivity contribution in [3.05, 3.63) is 0 Å². The predicted octanol–water partition coefficient (Wildman–Crippen LogP) is 6.17. The van der Waals surface area contributed by atoms with Crippen LogP contribution in [-0.4, -0.2) is 28.7 Å². The van der Waals surface area contributed by atoms with Crippen LogP contribution in [0.1, 0.15) is 105 Å². The summed E-state index contributed by atoms with van der Waals surface area (Å²) in [6, 6.07) is 0. The van der Waals surface area contributed by atoms with E-state index < -0.39 is 0 Å². The van der Waals surface area contributed by atoms with Crippen LogP contribution in [0.5, 0.6) is 0 Å². The van der Waals surface area contributed by atoms with E-state index in [9.17, 15) is 9.90 Å². The minimum Gasteiger partial charge on any atom is -0.393 e. The average Bonchev–Trinajstić information content (AvgIpc) is 3.18. The van der Waals surface area contributed by atoms with Gasteiger partial charge in [0.2, 0.25) is 0 Å². The first kappa shape index (κ1) is 22.1. The van der Waals surface area contributed by atoms with Gasteiger partial charge in [-0.25, -0.2) is 0 Å². The van der Waals surface area contributed by atoms with Gasteiger partial charge >= 0.3 is 0 Å². The Hall–Kier alpha value is -0.410. The standard InChI is InChI=1S/C29H46O3/c1-17-6-12-29(13-7-17)18(2)25-23(32-29)15-22-20-14-24(31)28(5)16-19(30)8-11-27(28,4)21(20)9-10-26(22,25)3/h17-23,25,30H,6-16H2,1-5H3/t17?,18-,19?,20?,21?,22?,23?,25?,26?,27?,28+,29?/m0/s1. The van der Waals surface area contributed by atoms with Gasteiger partial charge in [0.25, 0.3) is 0 Å². The number of carbonyl (C=O) groups is 1. The van der Waals surface area contributed by atoms with Crippen molar-refractivity contribution in [1.82, 2.24) is 0 Å². The second-order valence-electron chi connectivity index (χ2n) is 14.1. The largest absolute Gasteiger partial charge is 0.393 e. The molecule has 3 nitrogen and oxygen atoms in total. The summed E-state index contributed by atoms with van der Waals surface area (Å²) in [5, 5.41) is 10.4. The van der Waals surface area contributed by atoms with Crippen LogP contribution in [0.15, 0.2) is 0 Å². The predicted molar refractivity (Wildman–Crippen MR) is 126 cm³/mol. The van der Waals surface area contributed by atoms with Gasteiger partial charge in [-0.2, -0.15) is 0 Å². The molecule has 0 radical (unpaired) electrons. The Morgan fingerprint density at radius 1 is 0.938 bits per heavy atom. The maximum absolute atomic E-state index is 13.7. The molecule has 6 aliphatic rings. The molecule has 5 aliphatic carbocycles. The molecule has 8 unspecified atom stereocenters. The van der Waals surface area contributed by atoms with E-state index >= 15 is 0 Å². The third-order valence-electron chi connectivity index (χ3n) is 13.2. The topological polar surface area (TPSA) is 46.5 Å². The van der Waals surface area contributed by atoms with Crippen LogP contribution in [0, 0.1) is 51.8 Å². The van der Waals surface area contributed by atoms with E-state index in [0.29, 0.717) is 53.3 Å². The van der Waals surface area contributed by atoms with Gasteiger partial charge in [0.05, 0.1) is 17.8 Å². The first-order valence-corrected chi connectivity index (χ1v) is 13.9. The number of ketones is 1. The number of ether oxygens (including phenoxy) is 1. The molecule has 6 rings (SSSR count). The molecule has 3 heteroatoms. The zero-order chi connectivity index (χ0) is 22.7. The molecule has 1 heterocycles. The first-order chi connectivity index (χ1) is 15.0. The Morgan fingerprint density at radius 2 is 1.66 bits per heavy atom. The van der Waals surface area contributed by atoms with E-state index in [1.807, 2.05) is 0 Å². The third-order valence-corrected chi connectivity index (χ3v) is 13.2. The number of aliphatic hydroxyl groups is 1. The highest BCUT2D eigenvalue weighted by Crippen LogP contribution is 2.73. The number of hydrogen-bond acceptors (Lipinski definition) is 3. The number of fused-ring (bicyclic) bond motifs is 7. The first-order valence-electron chi connectivity index (χ1n) is 13.9. The van der Waals surface area contributed by atoms with Crippen molar-refractivity contribution in [1.29, 1.82) is 0 Å². The van der Waals surface area contributed by atoms with Crippen molar-refractivity contribution in [2.24, 2.45) is 51.8 Å². The molecule has 1 aliphatic heterocycles. The van der Waals surface area contributed by atoms with E-state index in [1.165, 1.54) is 44.9 Å². The number of aliphatic hydroxyl groups excluding tert-OH is 1. The Morgan fingerprint density at radius 3 is 2.38 bits per heavy atom. The van der Waals surface area contributed by atoms with Crippen LogP contribution in [0.25, 0.3) is 0 Å². The summed E-state index contributed by atoms with van der Waals surface area (Å²) in [5.74, 6) is 4.42. The van der Waals surface area contributed by atoms with Crippen LogP contribution in [0.2, 0.25) is 0 Å². The summed E-state index contributed by atoms with van der Waals surface area (Å²) in [5.41, 5.74) is 0.189. The summed E-state index contributed by atoms with van der Waals surface area (Å²) in [6.45, 7) is 12.1. The minimum atomic E-state index is -0.333. The quantitative estimate of drug-likeness (QED) is 0.488. The molecule has 10 atom stereocenters. The van der Waals surface area contributed by atoms with Gasteiger partial charge in [0.1, 0.15) is 5.78 Å². The molecule has 0 aromatic heterocycles. The van der Waals surface area contributed by atoms with Crippen molar-refractivity contribution < 1.29 is 14.6 Å². The summed E-state index contributed by atoms with van der Waals surface area (Å²) in [7, 11) is 0. The summed E-state index contributed by atoms with van der Waals surface area (Å²) in [4.78, 5) is 13.7. The van der Waals surface area contributed by atoms with Gasteiger partial charge in [0.15, 0.2) is 0 Å². The fourth-order valence-electron chi connectivity index (χ4n) is 11.0. The summed E-state index contributed by atoms with van der Waals surface area (Å²) in [6.07, 6.45) is 12.4. The lowest BCUT2D eigenvalue weighted by Crippen LogP contribution is -2.62. The molecule has 180 valence electrons. The molecular weight excluding hydrogens is 396 g/mol. The Bertz CT molecular complexity index is 798. The molecule has 6 fully saturated rings. The lowest BCUT2D eigenvalue weighted by molar-refractivity contribution is -0.184. The Kier molecular flexibility index (Phi) is 4.72. The van der Waals surface area contributed by atoms with Crippen molar-refractivity contribution in [2.75, 3.05) is 0 Å². The lowest BCUT2D eigenvalue weighted by atomic mass is 9.39. The summed E-state index contributed by atoms with van der Waals surface area (Å²) < 4.78 is 7.09. The molecule has 32 heavy (non-hydrogen) atoms. The number of Topliss-reactive ketones (excluding diaryl/α,β-unsaturated/α-hetero) is 1. The second kappa shape index (κ2) is 6.84. The van der Waals surface area contributed by atoms with Gasteiger partial charge in [-0.1, -0.05) is 34.6 Å². The van der Waals surface area contributed by atoms with Crippen LogP contribution >= 0.6 is 0 Å². The molecule has 0 amide bonds. The van der Waals surface area contributed by atoms with Crippen molar-refractivity contribution in [2.45, 2.75) is 123 Å². The molecule has 0 bridgehead atoms. The zero-order valence-electron chi connectivity index (χ0n) is 21.2. The maximum Gasteiger partial charge on any atom is 0.139 e. The lowest BCUT2D eigenvalue weighted by Gasteiger charge is -2.64. The molecule has 1 N–H and O–H groups in total. The highest BCUT2D eigenvalue weighted by molar-refractivity contribution is 5.87. The van der Waals surface area contributed by atoms with Crippen molar-refractivity contribution in [3.63, 3.8) is 0 Å².